The summed E-state index contributed by atoms with van der Waals surface area (Å²) in [6.07, 6.45) is 0.937. The first-order valence-corrected chi connectivity index (χ1v) is 8.55. The van der Waals surface area contributed by atoms with Gasteiger partial charge in [0.1, 0.15) is 18.1 Å². The first kappa shape index (κ1) is 17.7. The molecule has 0 saturated carbocycles. The number of hydrogen-bond acceptors (Lipinski definition) is 8. The molecule has 0 bridgehead atoms. The minimum Gasteiger partial charge on any atom is -0.381 e. The van der Waals surface area contributed by atoms with E-state index in [1.54, 1.807) is 6.07 Å². The van der Waals surface area contributed by atoms with Gasteiger partial charge in [0.15, 0.2) is 17.1 Å². The maximum absolute atomic E-state index is 15.3. The lowest BCUT2D eigenvalue weighted by Gasteiger charge is -2.29. The second kappa shape index (κ2) is 5.69. The number of phosphoric ester groups is 1. The molecule has 134 valence electrons. The Labute approximate surface area is 140 Å². The van der Waals surface area contributed by atoms with Gasteiger partial charge in [0.05, 0.1) is 18.9 Å². The van der Waals surface area contributed by atoms with Crippen LogP contribution in [0.15, 0.2) is 12.5 Å². The molecule has 0 amide bonds. The minimum absolute atomic E-state index is 0.0113. The van der Waals surface area contributed by atoms with Crippen LogP contribution in [0.25, 0.3) is 5.65 Å². The fraction of sp³-hybridized carbons (Fsp3) is 0.500. The molecular formula is C12H14FN6O5P. The van der Waals surface area contributed by atoms with Crippen LogP contribution in [0.2, 0.25) is 0 Å². The number of imidazole rings is 1. The molecule has 0 aliphatic carbocycles. The van der Waals surface area contributed by atoms with Crippen molar-refractivity contribution in [1.29, 1.82) is 5.26 Å². The van der Waals surface area contributed by atoms with Crippen molar-refractivity contribution in [3.63, 3.8) is 0 Å². The summed E-state index contributed by atoms with van der Waals surface area (Å²) in [7, 11) is -4.76. The summed E-state index contributed by atoms with van der Waals surface area (Å²) in [5.74, 6) is 0.0364. The van der Waals surface area contributed by atoms with Crippen molar-refractivity contribution >= 4 is 19.3 Å². The average Bonchev–Trinajstić information content (AvgIpc) is 3.04. The standard InChI is InChI=1S/C12H14FN6O5P/c1-11(13)2-7(4-23-25(20,21)22)24-12(11,5-14)8-3-16-10-9(15)17-6-18-19(8)10/h3,6-7H,2,4H2,1H3,(H2,15,17,18)(H2,20,21,22). The number of ether oxygens (including phenoxy) is 1. The second-order valence-electron chi connectivity index (χ2n) is 5.74. The molecule has 3 atom stereocenters. The van der Waals surface area contributed by atoms with E-state index in [0.29, 0.717) is 0 Å². The Hall–Kier alpha value is -2.16. The normalized spacial score (nSPS) is 29.8. The summed E-state index contributed by atoms with van der Waals surface area (Å²) < 4.78 is 37.2. The van der Waals surface area contributed by atoms with Gasteiger partial charge in [0.2, 0.25) is 5.60 Å². The Bertz CT molecular complexity index is 907. The van der Waals surface area contributed by atoms with E-state index < -0.39 is 31.8 Å². The Morgan fingerprint density at radius 2 is 2.36 bits per heavy atom. The maximum atomic E-state index is 15.3. The van der Waals surface area contributed by atoms with Crippen molar-refractivity contribution in [2.75, 3.05) is 12.3 Å². The number of halogens is 1. The number of aromatic nitrogens is 4. The largest absolute Gasteiger partial charge is 0.469 e. The zero-order chi connectivity index (χ0) is 18.5. The quantitative estimate of drug-likeness (QED) is 0.623. The maximum Gasteiger partial charge on any atom is 0.469 e. The predicted octanol–water partition coefficient (Wildman–Crippen LogP) is 0.0518. The Morgan fingerprint density at radius 1 is 1.64 bits per heavy atom. The molecule has 4 N–H and O–H groups in total. The number of anilines is 1. The highest BCUT2D eigenvalue weighted by molar-refractivity contribution is 7.46. The smallest absolute Gasteiger partial charge is 0.381 e. The van der Waals surface area contributed by atoms with Crippen molar-refractivity contribution in [2.24, 2.45) is 0 Å². The van der Waals surface area contributed by atoms with E-state index >= 15 is 4.39 Å². The number of hydrogen-bond donors (Lipinski definition) is 3. The van der Waals surface area contributed by atoms with E-state index in [4.69, 9.17) is 20.3 Å². The highest BCUT2D eigenvalue weighted by atomic mass is 31.2. The summed E-state index contributed by atoms with van der Waals surface area (Å²) in [5, 5.41) is 13.6. The summed E-state index contributed by atoms with van der Waals surface area (Å²) >= 11 is 0. The molecule has 1 aliphatic heterocycles. The molecular weight excluding hydrogens is 358 g/mol. The van der Waals surface area contributed by atoms with Gasteiger partial charge in [-0.15, -0.1) is 0 Å². The van der Waals surface area contributed by atoms with Crippen LogP contribution in [0.4, 0.5) is 10.2 Å². The molecule has 1 aliphatic rings. The zero-order valence-corrected chi connectivity index (χ0v) is 13.8. The van der Waals surface area contributed by atoms with Crippen LogP contribution in [0.5, 0.6) is 0 Å². The van der Waals surface area contributed by atoms with Gasteiger partial charge >= 0.3 is 7.82 Å². The molecule has 1 saturated heterocycles. The summed E-state index contributed by atoms with van der Waals surface area (Å²) in [4.78, 5) is 25.3. The van der Waals surface area contributed by atoms with Crippen LogP contribution in [0.1, 0.15) is 19.0 Å². The van der Waals surface area contributed by atoms with Crippen molar-refractivity contribution in [1.82, 2.24) is 19.6 Å². The van der Waals surface area contributed by atoms with Gasteiger partial charge in [-0.05, 0) is 6.92 Å². The number of nitrogens with two attached hydrogens (primary N) is 1. The third-order valence-corrected chi connectivity index (χ3v) is 4.45. The molecule has 0 aromatic carbocycles. The molecule has 3 unspecified atom stereocenters. The van der Waals surface area contributed by atoms with Crippen molar-refractivity contribution < 1.29 is 28.0 Å². The van der Waals surface area contributed by atoms with E-state index in [-0.39, 0.29) is 23.6 Å². The van der Waals surface area contributed by atoms with Crippen LogP contribution in [0.3, 0.4) is 0 Å². The van der Waals surface area contributed by atoms with Crippen molar-refractivity contribution in [3.05, 3.63) is 18.2 Å². The number of phosphoric acid groups is 1. The zero-order valence-electron chi connectivity index (χ0n) is 12.9. The number of fused-ring (bicyclic) bond motifs is 1. The van der Waals surface area contributed by atoms with Gasteiger partial charge in [-0.3, -0.25) is 4.52 Å². The fourth-order valence-electron chi connectivity index (χ4n) is 2.86. The predicted molar refractivity (Wildman–Crippen MR) is 79.5 cm³/mol. The van der Waals surface area contributed by atoms with Gasteiger partial charge in [0.25, 0.3) is 0 Å². The van der Waals surface area contributed by atoms with Crippen LogP contribution >= 0.6 is 7.82 Å². The van der Waals surface area contributed by atoms with Crippen molar-refractivity contribution in [3.8, 4) is 6.07 Å². The van der Waals surface area contributed by atoms with Gasteiger partial charge in [0, 0.05) is 6.42 Å². The number of nitrogen functional groups attached to an aromatic ring is 1. The molecule has 3 rings (SSSR count). The van der Waals surface area contributed by atoms with Crippen LogP contribution < -0.4 is 5.73 Å². The number of nitrogens with zero attached hydrogens (tertiary/aromatic N) is 5. The topological polar surface area (TPSA) is 169 Å². The van der Waals surface area contributed by atoms with E-state index in [2.05, 4.69) is 19.6 Å². The van der Waals surface area contributed by atoms with Crippen LogP contribution in [0, 0.1) is 11.3 Å². The summed E-state index contributed by atoms with van der Waals surface area (Å²) in [5.41, 5.74) is 1.48. The summed E-state index contributed by atoms with van der Waals surface area (Å²) in [6.45, 7) is 0.568. The van der Waals surface area contributed by atoms with E-state index in [1.165, 1.54) is 6.20 Å². The first-order chi connectivity index (χ1) is 11.6. The lowest BCUT2D eigenvalue weighted by Crippen LogP contribution is -2.42. The van der Waals surface area contributed by atoms with Gasteiger partial charge < -0.3 is 20.3 Å². The monoisotopic (exact) mass is 372 g/mol. The Balaban J connectivity index is 2.03. The summed E-state index contributed by atoms with van der Waals surface area (Å²) in [6, 6.07) is 1.80. The molecule has 2 aromatic rings. The highest BCUT2D eigenvalue weighted by Crippen LogP contribution is 2.50. The Morgan fingerprint density at radius 3 is 3.00 bits per heavy atom. The molecule has 13 heteroatoms. The Kier molecular flexibility index (Phi) is 4.02. The van der Waals surface area contributed by atoms with Crippen LogP contribution in [-0.2, 0) is 19.4 Å². The van der Waals surface area contributed by atoms with E-state index in [0.717, 1.165) is 17.8 Å². The van der Waals surface area contributed by atoms with Gasteiger partial charge in [-0.1, -0.05) is 0 Å². The molecule has 0 radical (unpaired) electrons. The molecule has 1 fully saturated rings. The molecule has 2 aromatic heterocycles. The highest BCUT2D eigenvalue weighted by Gasteiger charge is 2.62. The third kappa shape index (κ3) is 2.86. The van der Waals surface area contributed by atoms with E-state index in [1.807, 2.05) is 0 Å². The second-order valence-corrected chi connectivity index (χ2v) is 6.98. The third-order valence-electron chi connectivity index (χ3n) is 3.97. The minimum atomic E-state index is -4.76. The number of rotatable bonds is 4. The lowest BCUT2D eigenvalue weighted by atomic mass is 9.84. The lowest BCUT2D eigenvalue weighted by molar-refractivity contribution is -0.0713. The van der Waals surface area contributed by atoms with Gasteiger partial charge in [-0.2, -0.15) is 10.4 Å². The van der Waals surface area contributed by atoms with E-state index in [9.17, 15) is 9.83 Å². The molecule has 0 spiro atoms. The fourth-order valence-corrected chi connectivity index (χ4v) is 3.22. The first-order valence-electron chi connectivity index (χ1n) is 7.02. The SMILES string of the molecule is CC1(F)CC(COP(=O)(O)O)OC1(C#N)c1cnc2c(N)ncnn12. The molecule has 3 heterocycles. The van der Waals surface area contributed by atoms with Crippen LogP contribution in [-0.4, -0.2) is 47.7 Å². The molecule has 11 nitrogen and oxygen atoms in total. The molecule has 25 heavy (non-hydrogen) atoms. The number of nitriles is 1. The number of alkyl halides is 1. The van der Waals surface area contributed by atoms with Gasteiger partial charge in [-0.25, -0.2) is 23.4 Å². The van der Waals surface area contributed by atoms with Crippen molar-refractivity contribution in [2.45, 2.75) is 30.7 Å². The average molecular weight is 372 g/mol.